The fourth-order valence-electron chi connectivity index (χ4n) is 3.53. The van der Waals surface area contributed by atoms with E-state index in [2.05, 4.69) is 25.9 Å². The number of hydrogen-bond donors (Lipinski definition) is 3. The Morgan fingerprint density at radius 3 is 2.22 bits per heavy atom. The number of aromatic nitrogens is 2. The summed E-state index contributed by atoms with van der Waals surface area (Å²) in [7, 11) is 1.63. The van der Waals surface area contributed by atoms with Crippen LogP contribution in [0.5, 0.6) is 5.75 Å². The van der Waals surface area contributed by atoms with E-state index >= 15 is 0 Å². The van der Waals surface area contributed by atoms with Crippen molar-refractivity contribution in [2.75, 3.05) is 25.5 Å². The first-order chi connectivity index (χ1) is 15.6. The van der Waals surface area contributed by atoms with Crippen LogP contribution in [-0.2, 0) is 4.79 Å². The molecule has 2 heterocycles. The van der Waals surface area contributed by atoms with Crippen LogP contribution in [0.3, 0.4) is 0 Å². The van der Waals surface area contributed by atoms with Crippen molar-refractivity contribution >= 4 is 23.5 Å². The fraction of sp³-hybridized carbons (Fsp3) is 0.250. The average Bonchev–Trinajstić information content (AvgIpc) is 2.85. The van der Waals surface area contributed by atoms with Gasteiger partial charge in [-0.1, -0.05) is 12.1 Å². The lowest BCUT2D eigenvalue weighted by Crippen LogP contribution is -2.40. The van der Waals surface area contributed by atoms with Crippen molar-refractivity contribution in [3.8, 4) is 16.9 Å². The van der Waals surface area contributed by atoms with Crippen molar-refractivity contribution in [3.63, 3.8) is 0 Å². The maximum absolute atomic E-state index is 12.4. The highest BCUT2D eigenvalue weighted by Gasteiger charge is 2.22. The molecule has 0 atom stereocenters. The van der Waals surface area contributed by atoms with Gasteiger partial charge in [0.25, 0.3) is 5.91 Å². The molecule has 0 radical (unpaired) electrons. The number of nitrogens with zero attached hydrogens (tertiary/aromatic N) is 2. The van der Waals surface area contributed by atoms with Crippen LogP contribution in [0.15, 0.2) is 60.9 Å². The Balaban J connectivity index is 1.34. The van der Waals surface area contributed by atoms with Gasteiger partial charge in [-0.05, 0) is 67.9 Å². The third-order valence-corrected chi connectivity index (χ3v) is 5.43. The van der Waals surface area contributed by atoms with E-state index < -0.39 is 0 Å². The topological polar surface area (TPSA) is 105 Å². The van der Waals surface area contributed by atoms with E-state index in [1.54, 1.807) is 43.8 Å². The molecule has 1 aliphatic rings. The lowest BCUT2D eigenvalue weighted by Gasteiger charge is -2.21. The number of methoxy groups -OCH3 is 1. The Bertz CT molecular complexity index is 1060. The predicted octanol–water partition coefficient (Wildman–Crippen LogP) is 3.15. The lowest BCUT2D eigenvalue weighted by molar-refractivity contribution is -0.124. The van der Waals surface area contributed by atoms with Gasteiger partial charge in [0.1, 0.15) is 5.75 Å². The van der Waals surface area contributed by atoms with E-state index in [0.29, 0.717) is 11.5 Å². The minimum absolute atomic E-state index is 0.112. The highest BCUT2D eigenvalue weighted by molar-refractivity contribution is 6.05. The molecule has 1 saturated heterocycles. The first kappa shape index (κ1) is 21.5. The van der Waals surface area contributed by atoms with Gasteiger partial charge in [0.15, 0.2) is 0 Å². The Labute approximate surface area is 186 Å². The number of ether oxygens (including phenoxy) is 1. The smallest absolute Gasteiger partial charge is 0.257 e. The number of carbonyl (C=O) groups excluding carboxylic acids is 2. The highest BCUT2D eigenvalue weighted by Crippen LogP contribution is 2.22. The number of imide groups is 1. The largest absolute Gasteiger partial charge is 0.497 e. The molecule has 0 unspecified atom stereocenters. The molecule has 0 saturated carbocycles. The van der Waals surface area contributed by atoms with Crippen molar-refractivity contribution in [1.82, 2.24) is 20.6 Å². The number of benzene rings is 2. The maximum Gasteiger partial charge on any atom is 0.257 e. The molecule has 4 rings (SSSR count). The van der Waals surface area contributed by atoms with Gasteiger partial charge in [-0.2, -0.15) is 0 Å². The van der Waals surface area contributed by atoms with E-state index in [-0.39, 0.29) is 17.7 Å². The Hall–Kier alpha value is -3.78. The Kier molecular flexibility index (Phi) is 6.72. The SMILES string of the molecule is COc1ccc(-c2cnc(Nc3ccc(C(=O)NC(=O)C4CCNCC4)cc3)nc2)cc1. The van der Waals surface area contributed by atoms with E-state index in [9.17, 15) is 9.59 Å². The van der Waals surface area contributed by atoms with Crippen LogP contribution in [0.25, 0.3) is 11.1 Å². The summed E-state index contributed by atoms with van der Waals surface area (Å²) in [5.74, 6) is 0.532. The second-order valence-electron chi connectivity index (χ2n) is 7.57. The molecule has 0 bridgehead atoms. The maximum atomic E-state index is 12.4. The van der Waals surface area contributed by atoms with Gasteiger partial charge in [-0.15, -0.1) is 0 Å². The quantitative estimate of drug-likeness (QED) is 0.515. The van der Waals surface area contributed by atoms with Crippen LogP contribution >= 0.6 is 0 Å². The van der Waals surface area contributed by atoms with Crippen LogP contribution in [0.1, 0.15) is 23.2 Å². The van der Waals surface area contributed by atoms with Crippen molar-refractivity contribution in [3.05, 3.63) is 66.5 Å². The number of rotatable bonds is 6. The zero-order valence-electron chi connectivity index (χ0n) is 17.8. The molecular weight excluding hydrogens is 406 g/mol. The molecule has 8 heteroatoms. The molecule has 2 aromatic carbocycles. The summed E-state index contributed by atoms with van der Waals surface area (Å²) in [5.41, 5.74) is 3.05. The van der Waals surface area contributed by atoms with E-state index in [1.807, 2.05) is 24.3 Å². The molecule has 1 aromatic heterocycles. The van der Waals surface area contributed by atoms with Gasteiger partial charge in [-0.25, -0.2) is 9.97 Å². The number of carbonyl (C=O) groups is 2. The van der Waals surface area contributed by atoms with Gasteiger partial charge >= 0.3 is 0 Å². The molecule has 2 amide bonds. The van der Waals surface area contributed by atoms with E-state index in [0.717, 1.165) is 48.5 Å². The zero-order valence-corrected chi connectivity index (χ0v) is 17.8. The number of nitrogens with one attached hydrogen (secondary N) is 3. The van der Waals surface area contributed by atoms with Crippen molar-refractivity contribution < 1.29 is 14.3 Å². The second-order valence-corrected chi connectivity index (χ2v) is 7.57. The van der Waals surface area contributed by atoms with Crippen LogP contribution in [0, 0.1) is 5.92 Å². The minimum Gasteiger partial charge on any atom is -0.497 e. The van der Waals surface area contributed by atoms with Crippen molar-refractivity contribution in [2.24, 2.45) is 5.92 Å². The summed E-state index contributed by atoms with van der Waals surface area (Å²) >= 11 is 0. The Morgan fingerprint density at radius 1 is 0.938 bits per heavy atom. The molecule has 0 spiro atoms. The summed E-state index contributed by atoms with van der Waals surface area (Å²) in [4.78, 5) is 33.4. The molecule has 3 aromatic rings. The van der Waals surface area contributed by atoms with Gasteiger partial charge in [-0.3, -0.25) is 14.9 Å². The predicted molar refractivity (Wildman–Crippen MR) is 122 cm³/mol. The summed E-state index contributed by atoms with van der Waals surface area (Å²) in [6, 6.07) is 14.5. The second kappa shape index (κ2) is 10.0. The molecule has 3 N–H and O–H groups in total. The van der Waals surface area contributed by atoms with Crippen LogP contribution < -0.4 is 20.7 Å². The third-order valence-electron chi connectivity index (χ3n) is 5.43. The average molecular weight is 431 g/mol. The van der Waals surface area contributed by atoms with Gasteiger partial charge in [0.2, 0.25) is 11.9 Å². The van der Waals surface area contributed by atoms with Gasteiger partial charge < -0.3 is 15.4 Å². The Morgan fingerprint density at radius 2 is 1.59 bits per heavy atom. The zero-order chi connectivity index (χ0) is 22.3. The van der Waals surface area contributed by atoms with Crippen molar-refractivity contribution in [2.45, 2.75) is 12.8 Å². The number of amides is 2. The summed E-state index contributed by atoms with van der Waals surface area (Å²) in [6.45, 7) is 1.60. The molecule has 0 aliphatic carbocycles. The van der Waals surface area contributed by atoms with Crippen LogP contribution in [0.4, 0.5) is 11.6 Å². The standard InChI is InChI=1S/C24H25N5O3/c1-32-21-8-4-16(5-9-21)19-14-26-24(27-15-19)28-20-6-2-17(3-7-20)22(30)29-23(31)18-10-12-25-13-11-18/h2-9,14-15,18,25H,10-13H2,1H3,(H,26,27,28)(H,29,30,31). The number of hydrogen-bond acceptors (Lipinski definition) is 7. The number of anilines is 2. The normalized spacial score (nSPS) is 13.9. The third kappa shape index (κ3) is 5.28. The van der Waals surface area contributed by atoms with Crippen molar-refractivity contribution in [1.29, 1.82) is 0 Å². The van der Waals surface area contributed by atoms with Gasteiger partial charge in [0.05, 0.1) is 7.11 Å². The first-order valence-electron chi connectivity index (χ1n) is 10.5. The molecule has 164 valence electrons. The van der Waals surface area contributed by atoms with E-state index in [4.69, 9.17) is 4.74 Å². The summed E-state index contributed by atoms with van der Waals surface area (Å²) < 4.78 is 5.17. The van der Waals surface area contributed by atoms with Crippen LogP contribution in [-0.4, -0.2) is 42.0 Å². The summed E-state index contributed by atoms with van der Waals surface area (Å²) in [5, 5.41) is 8.83. The molecule has 1 aliphatic heterocycles. The molecular formula is C24H25N5O3. The minimum atomic E-state index is -0.389. The fourth-order valence-corrected chi connectivity index (χ4v) is 3.53. The van der Waals surface area contributed by atoms with E-state index in [1.165, 1.54) is 0 Å². The molecule has 1 fully saturated rings. The van der Waals surface area contributed by atoms with Crippen LogP contribution in [0.2, 0.25) is 0 Å². The first-order valence-corrected chi connectivity index (χ1v) is 10.5. The summed E-state index contributed by atoms with van der Waals surface area (Å²) in [6.07, 6.45) is 4.98. The molecule has 8 nitrogen and oxygen atoms in total. The highest BCUT2D eigenvalue weighted by atomic mass is 16.5. The lowest BCUT2D eigenvalue weighted by atomic mass is 9.97. The number of piperidine rings is 1. The van der Waals surface area contributed by atoms with Gasteiger partial charge in [0, 0.05) is 35.1 Å². The monoisotopic (exact) mass is 431 g/mol. The molecule has 32 heavy (non-hydrogen) atoms.